The summed E-state index contributed by atoms with van der Waals surface area (Å²) in [5.74, 6) is 0.551. The van der Waals surface area contributed by atoms with Gasteiger partial charge in [-0.05, 0) is 37.8 Å². The smallest absolute Gasteiger partial charge is 0.222 e. The molecule has 0 aromatic heterocycles. The van der Waals surface area contributed by atoms with Crippen LogP contribution in [0.15, 0.2) is 30.3 Å². The van der Waals surface area contributed by atoms with Gasteiger partial charge in [-0.15, -0.1) is 0 Å². The number of hydrogen-bond acceptors (Lipinski definition) is 3. The Bertz CT molecular complexity index is 576. The molecule has 2 amide bonds. The zero-order valence-electron chi connectivity index (χ0n) is 15.0. The molecule has 2 saturated heterocycles. The molecular weight excluding hydrogens is 314 g/mol. The molecule has 5 heteroatoms. The van der Waals surface area contributed by atoms with Crippen LogP contribution >= 0.6 is 0 Å². The van der Waals surface area contributed by atoms with E-state index >= 15 is 0 Å². The minimum Gasteiger partial charge on any atom is -0.343 e. The van der Waals surface area contributed by atoms with E-state index in [-0.39, 0.29) is 11.8 Å². The molecule has 0 radical (unpaired) electrons. The zero-order valence-corrected chi connectivity index (χ0v) is 15.0. The van der Waals surface area contributed by atoms with Crippen molar-refractivity contribution in [3.05, 3.63) is 35.9 Å². The van der Waals surface area contributed by atoms with Crippen molar-refractivity contribution in [2.75, 3.05) is 26.2 Å². The Balaban J connectivity index is 1.36. The summed E-state index contributed by atoms with van der Waals surface area (Å²) in [5, 5.41) is 3.48. The van der Waals surface area contributed by atoms with Crippen molar-refractivity contribution in [1.29, 1.82) is 0 Å². The standard InChI is InChI=1S/C20H29N3O2/c24-19-8-4-13-22(19)14-5-15-23-18(9-10-20(23)25)11-12-21-16-17-6-2-1-3-7-17/h1-3,6-7,18,21H,4-5,8-16H2/t18-/m1/s1. The summed E-state index contributed by atoms with van der Waals surface area (Å²) >= 11 is 0. The molecule has 1 aromatic rings. The summed E-state index contributed by atoms with van der Waals surface area (Å²) in [5.41, 5.74) is 1.29. The molecule has 5 nitrogen and oxygen atoms in total. The number of amides is 2. The minimum atomic E-state index is 0.273. The summed E-state index contributed by atoms with van der Waals surface area (Å²) in [6, 6.07) is 10.7. The average molecular weight is 343 g/mol. The van der Waals surface area contributed by atoms with Gasteiger partial charge in [0.1, 0.15) is 0 Å². The second kappa shape index (κ2) is 8.99. The largest absolute Gasteiger partial charge is 0.343 e. The van der Waals surface area contributed by atoms with Gasteiger partial charge in [-0.25, -0.2) is 0 Å². The summed E-state index contributed by atoms with van der Waals surface area (Å²) in [4.78, 5) is 27.8. The van der Waals surface area contributed by atoms with Gasteiger partial charge >= 0.3 is 0 Å². The molecule has 0 bridgehead atoms. The van der Waals surface area contributed by atoms with E-state index in [0.29, 0.717) is 18.9 Å². The van der Waals surface area contributed by atoms with E-state index in [1.54, 1.807) is 0 Å². The highest BCUT2D eigenvalue weighted by molar-refractivity contribution is 5.79. The fourth-order valence-corrected chi connectivity index (χ4v) is 3.87. The number of benzene rings is 1. The van der Waals surface area contributed by atoms with Crippen molar-refractivity contribution in [3.8, 4) is 0 Å². The van der Waals surface area contributed by atoms with Gasteiger partial charge in [0.25, 0.3) is 0 Å². The number of nitrogens with one attached hydrogen (secondary N) is 1. The van der Waals surface area contributed by atoms with Gasteiger partial charge in [0.05, 0.1) is 0 Å². The lowest BCUT2D eigenvalue weighted by Gasteiger charge is -2.26. The minimum absolute atomic E-state index is 0.273. The van der Waals surface area contributed by atoms with E-state index in [2.05, 4.69) is 29.6 Å². The van der Waals surface area contributed by atoms with Crippen LogP contribution < -0.4 is 5.32 Å². The maximum atomic E-state index is 12.2. The number of rotatable bonds is 9. The molecule has 3 rings (SSSR count). The molecule has 1 N–H and O–H groups in total. The van der Waals surface area contributed by atoms with Gasteiger partial charge in [0.2, 0.25) is 11.8 Å². The molecule has 2 fully saturated rings. The molecule has 2 aliphatic rings. The average Bonchev–Trinajstić information content (AvgIpc) is 3.19. The molecule has 25 heavy (non-hydrogen) atoms. The normalized spacial score (nSPS) is 20.7. The van der Waals surface area contributed by atoms with Gasteiger partial charge in [-0.2, -0.15) is 0 Å². The fraction of sp³-hybridized carbons (Fsp3) is 0.600. The van der Waals surface area contributed by atoms with E-state index in [0.717, 1.165) is 58.4 Å². The van der Waals surface area contributed by atoms with Crippen LogP contribution in [0.25, 0.3) is 0 Å². The molecule has 0 unspecified atom stereocenters. The maximum Gasteiger partial charge on any atom is 0.222 e. The van der Waals surface area contributed by atoms with E-state index in [1.165, 1.54) is 5.56 Å². The zero-order chi connectivity index (χ0) is 17.5. The lowest BCUT2D eigenvalue weighted by molar-refractivity contribution is -0.129. The van der Waals surface area contributed by atoms with Crippen LogP contribution in [-0.2, 0) is 16.1 Å². The highest BCUT2D eigenvalue weighted by Gasteiger charge is 2.30. The molecule has 136 valence electrons. The number of carbonyl (C=O) groups excluding carboxylic acids is 2. The van der Waals surface area contributed by atoms with Gasteiger partial charge in [0, 0.05) is 45.1 Å². The molecule has 1 aromatic carbocycles. The highest BCUT2D eigenvalue weighted by atomic mass is 16.2. The number of hydrogen-bond donors (Lipinski definition) is 1. The second-order valence-electron chi connectivity index (χ2n) is 7.07. The Morgan fingerprint density at radius 3 is 2.64 bits per heavy atom. The van der Waals surface area contributed by atoms with Crippen molar-refractivity contribution in [2.24, 2.45) is 0 Å². The van der Waals surface area contributed by atoms with E-state index in [9.17, 15) is 9.59 Å². The third kappa shape index (κ3) is 5.05. The first-order valence-electron chi connectivity index (χ1n) is 9.56. The van der Waals surface area contributed by atoms with Crippen LogP contribution in [0.5, 0.6) is 0 Å². The Kier molecular flexibility index (Phi) is 6.45. The van der Waals surface area contributed by atoms with Crippen molar-refractivity contribution in [2.45, 2.75) is 51.1 Å². The quantitative estimate of drug-likeness (QED) is 0.699. The fourth-order valence-electron chi connectivity index (χ4n) is 3.87. The number of nitrogens with zero attached hydrogens (tertiary/aromatic N) is 2. The topological polar surface area (TPSA) is 52.7 Å². The van der Waals surface area contributed by atoms with E-state index in [4.69, 9.17) is 0 Å². The highest BCUT2D eigenvalue weighted by Crippen LogP contribution is 2.21. The monoisotopic (exact) mass is 343 g/mol. The maximum absolute atomic E-state index is 12.2. The van der Waals surface area contributed by atoms with Crippen LogP contribution in [0, 0.1) is 0 Å². The van der Waals surface area contributed by atoms with Gasteiger partial charge in [0.15, 0.2) is 0 Å². The van der Waals surface area contributed by atoms with Crippen molar-refractivity contribution in [1.82, 2.24) is 15.1 Å². The van der Waals surface area contributed by atoms with Gasteiger partial charge in [-0.3, -0.25) is 9.59 Å². The van der Waals surface area contributed by atoms with Crippen LogP contribution in [0.3, 0.4) is 0 Å². The first-order valence-corrected chi connectivity index (χ1v) is 9.56. The van der Waals surface area contributed by atoms with Gasteiger partial charge in [-0.1, -0.05) is 30.3 Å². The first-order chi connectivity index (χ1) is 12.2. The third-order valence-electron chi connectivity index (χ3n) is 5.28. The van der Waals surface area contributed by atoms with Crippen LogP contribution in [0.1, 0.15) is 44.1 Å². The summed E-state index contributed by atoms with van der Waals surface area (Å²) in [7, 11) is 0. The second-order valence-corrected chi connectivity index (χ2v) is 7.07. The number of carbonyl (C=O) groups is 2. The summed E-state index contributed by atoms with van der Waals surface area (Å²) in [6.07, 6.45) is 5.21. The van der Waals surface area contributed by atoms with Crippen LogP contribution in [0.2, 0.25) is 0 Å². The van der Waals surface area contributed by atoms with E-state index in [1.807, 2.05) is 15.9 Å². The van der Waals surface area contributed by atoms with Gasteiger partial charge < -0.3 is 15.1 Å². The lowest BCUT2D eigenvalue weighted by atomic mass is 10.1. The van der Waals surface area contributed by atoms with Crippen LogP contribution in [-0.4, -0.2) is 53.8 Å². The molecule has 1 atom stereocenters. The number of likely N-dealkylation sites (tertiary alicyclic amines) is 2. The molecule has 0 spiro atoms. The molecular formula is C20H29N3O2. The molecule has 2 heterocycles. The summed E-state index contributed by atoms with van der Waals surface area (Å²) < 4.78 is 0. The van der Waals surface area contributed by atoms with Crippen molar-refractivity contribution in [3.63, 3.8) is 0 Å². The molecule has 0 saturated carbocycles. The lowest BCUT2D eigenvalue weighted by Crippen LogP contribution is -2.37. The predicted octanol–water partition coefficient (Wildman–Crippen LogP) is 2.17. The van der Waals surface area contributed by atoms with Crippen molar-refractivity contribution >= 4 is 11.8 Å². The van der Waals surface area contributed by atoms with E-state index < -0.39 is 0 Å². The third-order valence-corrected chi connectivity index (χ3v) is 5.28. The van der Waals surface area contributed by atoms with Crippen LogP contribution in [0.4, 0.5) is 0 Å². The SMILES string of the molecule is O=C1CCCN1CCCN1C(=O)CC[C@@H]1CCNCc1ccccc1. The Morgan fingerprint density at radius 1 is 1.04 bits per heavy atom. The Labute approximate surface area is 150 Å². The first kappa shape index (κ1) is 17.9. The Hall–Kier alpha value is -1.88. The molecule has 0 aliphatic carbocycles. The molecule has 2 aliphatic heterocycles. The Morgan fingerprint density at radius 2 is 1.88 bits per heavy atom. The summed E-state index contributed by atoms with van der Waals surface area (Å²) in [6.45, 7) is 4.26. The predicted molar refractivity (Wildman–Crippen MR) is 97.9 cm³/mol. The van der Waals surface area contributed by atoms with Crippen molar-refractivity contribution < 1.29 is 9.59 Å².